The predicted molar refractivity (Wildman–Crippen MR) is 85.9 cm³/mol. The highest BCUT2D eigenvalue weighted by Gasteiger charge is 2.20. The summed E-state index contributed by atoms with van der Waals surface area (Å²) in [5.41, 5.74) is 0.693. The normalized spacial score (nSPS) is 18.4. The second kappa shape index (κ2) is 7.79. The highest BCUT2D eigenvalue weighted by molar-refractivity contribution is 7.90. The van der Waals surface area contributed by atoms with E-state index in [1.165, 1.54) is 19.2 Å². The van der Waals surface area contributed by atoms with Crippen molar-refractivity contribution in [2.24, 2.45) is 0 Å². The number of ether oxygens (including phenoxy) is 2. The van der Waals surface area contributed by atoms with Crippen LogP contribution in [0.2, 0.25) is 0 Å². The summed E-state index contributed by atoms with van der Waals surface area (Å²) in [5, 5.41) is 0. The van der Waals surface area contributed by atoms with Gasteiger partial charge in [0.2, 0.25) is 5.91 Å². The van der Waals surface area contributed by atoms with Crippen molar-refractivity contribution in [3.05, 3.63) is 23.8 Å². The predicted octanol–water partition coefficient (Wildman–Crippen LogP) is 2.16. The number of aryl methyl sites for hydroxylation is 1. The molecule has 1 fully saturated rings. The van der Waals surface area contributed by atoms with E-state index in [0.29, 0.717) is 17.7 Å². The van der Waals surface area contributed by atoms with Gasteiger partial charge in [-0.25, -0.2) is 13.1 Å². The van der Waals surface area contributed by atoms with Crippen LogP contribution in [-0.2, 0) is 19.6 Å². The Kier molecular flexibility index (Phi) is 6.01. The van der Waals surface area contributed by atoms with Gasteiger partial charge < -0.3 is 9.47 Å². The standard InChI is InChI=1S/C16H23NO5S/c1-12-11-14(7-8-15(12)21-2)23(19,20)17-16(18)9-6-13-5-3-4-10-22-13/h7-8,11,13H,3-6,9-10H2,1-2H3,(H,17,18)/t13-/m1/s1. The Morgan fingerprint density at radius 3 is 2.78 bits per heavy atom. The van der Waals surface area contributed by atoms with Gasteiger partial charge in [0.1, 0.15) is 5.75 Å². The molecule has 1 N–H and O–H groups in total. The van der Waals surface area contributed by atoms with Crippen LogP contribution in [0.3, 0.4) is 0 Å². The Labute approximate surface area is 137 Å². The van der Waals surface area contributed by atoms with E-state index in [-0.39, 0.29) is 17.4 Å². The van der Waals surface area contributed by atoms with Crippen molar-refractivity contribution in [1.29, 1.82) is 0 Å². The molecule has 7 heteroatoms. The number of rotatable bonds is 6. The number of carbonyl (C=O) groups excluding carboxylic acids is 1. The first kappa shape index (κ1) is 17.7. The second-order valence-corrected chi connectivity index (χ2v) is 7.37. The largest absolute Gasteiger partial charge is 0.496 e. The van der Waals surface area contributed by atoms with Crippen molar-refractivity contribution in [1.82, 2.24) is 4.72 Å². The summed E-state index contributed by atoms with van der Waals surface area (Å²) in [5.74, 6) is 0.0948. The zero-order chi connectivity index (χ0) is 16.9. The number of nitrogens with one attached hydrogen (secondary N) is 1. The smallest absolute Gasteiger partial charge is 0.264 e. The number of hydrogen-bond donors (Lipinski definition) is 1. The van der Waals surface area contributed by atoms with Crippen LogP contribution in [0.1, 0.15) is 37.7 Å². The maximum Gasteiger partial charge on any atom is 0.264 e. The van der Waals surface area contributed by atoms with Gasteiger partial charge >= 0.3 is 0 Å². The van der Waals surface area contributed by atoms with E-state index < -0.39 is 15.9 Å². The molecule has 1 saturated heterocycles. The highest BCUT2D eigenvalue weighted by atomic mass is 32.2. The van der Waals surface area contributed by atoms with Crippen molar-refractivity contribution in [3.8, 4) is 5.75 Å². The van der Waals surface area contributed by atoms with Crippen LogP contribution in [-0.4, -0.2) is 34.1 Å². The summed E-state index contributed by atoms with van der Waals surface area (Å²) in [6.07, 6.45) is 3.81. The summed E-state index contributed by atoms with van der Waals surface area (Å²) in [7, 11) is -2.34. The van der Waals surface area contributed by atoms with Gasteiger partial charge in [-0.3, -0.25) is 4.79 Å². The molecule has 0 radical (unpaired) electrons. The molecule has 1 amide bonds. The quantitative estimate of drug-likeness (QED) is 0.857. The Morgan fingerprint density at radius 1 is 1.39 bits per heavy atom. The summed E-state index contributed by atoms with van der Waals surface area (Å²) in [4.78, 5) is 12.0. The molecule has 1 aromatic rings. The first-order valence-corrected chi connectivity index (χ1v) is 9.22. The fourth-order valence-corrected chi connectivity index (χ4v) is 3.70. The zero-order valence-electron chi connectivity index (χ0n) is 13.5. The minimum Gasteiger partial charge on any atom is -0.496 e. The number of methoxy groups -OCH3 is 1. The van der Waals surface area contributed by atoms with Crippen LogP contribution in [0.25, 0.3) is 0 Å². The molecule has 0 aliphatic carbocycles. The molecule has 1 aliphatic rings. The molecule has 1 aromatic carbocycles. The fourth-order valence-electron chi connectivity index (χ4n) is 2.61. The third-order valence-electron chi connectivity index (χ3n) is 3.89. The van der Waals surface area contributed by atoms with Crippen molar-refractivity contribution < 1.29 is 22.7 Å². The second-order valence-electron chi connectivity index (χ2n) is 5.69. The van der Waals surface area contributed by atoms with Crippen molar-refractivity contribution in [2.45, 2.75) is 50.0 Å². The molecule has 0 saturated carbocycles. The Bertz CT molecular complexity index is 650. The summed E-state index contributed by atoms with van der Waals surface area (Å²) >= 11 is 0. The van der Waals surface area contributed by atoms with Gasteiger partial charge in [0.25, 0.3) is 10.0 Å². The lowest BCUT2D eigenvalue weighted by atomic mass is 10.0. The maximum absolute atomic E-state index is 12.2. The molecule has 23 heavy (non-hydrogen) atoms. The van der Waals surface area contributed by atoms with E-state index in [1.807, 2.05) is 0 Å². The van der Waals surface area contributed by atoms with Crippen molar-refractivity contribution >= 4 is 15.9 Å². The number of amides is 1. The topological polar surface area (TPSA) is 81.7 Å². The lowest BCUT2D eigenvalue weighted by Crippen LogP contribution is -2.31. The van der Waals surface area contributed by atoms with Crippen LogP contribution >= 0.6 is 0 Å². The Morgan fingerprint density at radius 2 is 2.17 bits per heavy atom. The molecule has 0 aromatic heterocycles. The van der Waals surface area contributed by atoms with E-state index >= 15 is 0 Å². The van der Waals surface area contributed by atoms with E-state index in [4.69, 9.17) is 9.47 Å². The van der Waals surface area contributed by atoms with Crippen LogP contribution in [0.4, 0.5) is 0 Å². The minimum atomic E-state index is -3.86. The molecular formula is C16H23NO5S. The molecule has 6 nitrogen and oxygen atoms in total. The average Bonchev–Trinajstić information content (AvgIpc) is 2.53. The lowest BCUT2D eigenvalue weighted by Gasteiger charge is -2.22. The summed E-state index contributed by atoms with van der Waals surface area (Å²) in [6.45, 7) is 2.47. The summed E-state index contributed by atoms with van der Waals surface area (Å²) in [6, 6.07) is 4.48. The van der Waals surface area contributed by atoms with E-state index in [9.17, 15) is 13.2 Å². The Balaban J connectivity index is 1.94. The lowest BCUT2D eigenvalue weighted by molar-refractivity contribution is -0.120. The van der Waals surface area contributed by atoms with Gasteiger partial charge in [0.15, 0.2) is 0 Å². The maximum atomic E-state index is 12.2. The van der Waals surface area contributed by atoms with Gasteiger partial charge in [0.05, 0.1) is 18.1 Å². The third kappa shape index (κ3) is 4.94. The Hall–Kier alpha value is -1.60. The van der Waals surface area contributed by atoms with Crippen LogP contribution in [0, 0.1) is 6.92 Å². The molecule has 128 valence electrons. The number of benzene rings is 1. The van der Waals surface area contributed by atoms with Gasteiger partial charge in [-0.15, -0.1) is 0 Å². The number of sulfonamides is 1. The molecule has 1 atom stereocenters. The SMILES string of the molecule is COc1ccc(S(=O)(=O)NC(=O)CC[C@H]2CCCCO2)cc1C. The summed E-state index contributed by atoms with van der Waals surface area (Å²) < 4.78 is 37.2. The first-order chi connectivity index (χ1) is 10.9. The van der Waals surface area contributed by atoms with Crippen LogP contribution < -0.4 is 9.46 Å². The molecule has 0 spiro atoms. The van der Waals surface area contributed by atoms with Gasteiger partial charge in [-0.1, -0.05) is 0 Å². The minimum absolute atomic E-state index is 0.0538. The number of hydrogen-bond acceptors (Lipinski definition) is 5. The molecule has 0 bridgehead atoms. The van der Waals surface area contributed by atoms with E-state index in [0.717, 1.165) is 25.9 Å². The molecule has 0 unspecified atom stereocenters. The highest BCUT2D eigenvalue weighted by Crippen LogP contribution is 2.21. The molecular weight excluding hydrogens is 318 g/mol. The van der Waals surface area contributed by atoms with E-state index in [2.05, 4.69) is 4.72 Å². The zero-order valence-corrected chi connectivity index (χ0v) is 14.3. The van der Waals surface area contributed by atoms with Crippen molar-refractivity contribution in [3.63, 3.8) is 0 Å². The molecule has 1 aliphatic heterocycles. The van der Waals surface area contributed by atoms with Crippen molar-refractivity contribution in [2.75, 3.05) is 13.7 Å². The fraction of sp³-hybridized carbons (Fsp3) is 0.562. The van der Waals surface area contributed by atoms with Crippen LogP contribution in [0.15, 0.2) is 23.1 Å². The van der Waals surface area contributed by atoms with Gasteiger partial charge in [-0.05, 0) is 56.4 Å². The van der Waals surface area contributed by atoms with Gasteiger partial charge in [0, 0.05) is 13.0 Å². The number of carbonyl (C=O) groups is 1. The monoisotopic (exact) mass is 341 g/mol. The van der Waals surface area contributed by atoms with E-state index in [1.54, 1.807) is 13.0 Å². The molecule has 2 rings (SSSR count). The van der Waals surface area contributed by atoms with Crippen LogP contribution in [0.5, 0.6) is 5.75 Å². The van der Waals surface area contributed by atoms with Gasteiger partial charge in [-0.2, -0.15) is 0 Å². The molecule has 1 heterocycles. The average molecular weight is 341 g/mol. The first-order valence-electron chi connectivity index (χ1n) is 7.74. The third-order valence-corrected chi connectivity index (χ3v) is 5.26.